The highest BCUT2D eigenvalue weighted by Crippen LogP contribution is 2.25. The van der Waals surface area contributed by atoms with Crippen molar-refractivity contribution in [3.63, 3.8) is 0 Å². The normalized spacial score (nSPS) is 13.5. The van der Waals surface area contributed by atoms with Crippen LogP contribution in [0.15, 0.2) is 18.2 Å². The van der Waals surface area contributed by atoms with Gasteiger partial charge in [-0.3, -0.25) is 0 Å². The molecule has 1 aromatic rings. The fourth-order valence-corrected chi connectivity index (χ4v) is 1.75. The maximum atomic E-state index is 8.35. The summed E-state index contributed by atoms with van der Waals surface area (Å²) in [5.74, 6) is 0.821. The molecule has 1 aromatic carbocycles. The van der Waals surface area contributed by atoms with Gasteiger partial charge in [0.15, 0.2) is 6.61 Å². The molecule has 13 heavy (non-hydrogen) atoms. The summed E-state index contributed by atoms with van der Waals surface area (Å²) in [7, 11) is 0. The Morgan fingerprint density at radius 2 is 2.15 bits per heavy atom. The maximum absolute atomic E-state index is 8.35. The van der Waals surface area contributed by atoms with Crippen molar-refractivity contribution in [2.75, 3.05) is 6.61 Å². The second-order valence-corrected chi connectivity index (χ2v) is 3.23. The van der Waals surface area contributed by atoms with Crippen LogP contribution < -0.4 is 4.74 Å². The van der Waals surface area contributed by atoms with Crippen LogP contribution in [-0.2, 0) is 12.8 Å². The largest absolute Gasteiger partial charge is 0.479 e. The van der Waals surface area contributed by atoms with Crippen molar-refractivity contribution in [2.24, 2.45) is 0 Å². The fourth-order valence-electron chi connectivity index (χ4n) is 1.75. The van der Waals surface area contributed by atoms with Gasteiger partial charge in [0, 0.05) is 0 Å². The third-order valence-corrected chi connectivity index (χ3v) is 2.37. The molecule has 66 valence electrons. The van der Waals surface area contributed by atoms with Crippen molar-refractivity contribution in [2.45, 2.75) is 19.3 Å². The molecule has 0 aromatic heterocycles. The Bertz CT molecular complexity index is 352. The van der Waals surface area contributed by atoms with Crippen molar-refractivity contribution in [3.8, 4) is 11.8 Å². The molecule has 2 rings (SSSR count). The molecule has 0 aliphatic heterocycles. The Balaban J connectivity index is 2.17. The summed E-state index contributed by atoms with van der Waals surface area (Å²) in [5, 5.41) is 8.35. The summed E-state index contributed by atoms with van der Waals surface area (Å²) < 4.78 is 5.22. The molecule has 2 heteroatoms. The van der Waals surface area contributed by atoms with Gasteiger partial charge in [-0.05, 0) is 42.5 Å². The molecule has 0 radical (unpaired) electrons. The van der Waals surface area contributed by atoms with E-state index in [1.54, 1.807) is 0 Å². The first-order valence-corrected chi connectivity index (χ1v) is 4.52. The highest BCUT2D eigenvalue weighted by atomic mass is 16.5. The van der Waals surface area contributed by atoms with E-state index >= 15 is 0 Å². The standard InChI is InChI=1S/C11H11NO/c12-6-7-13-11-5-4-9-2-1-3-10(9)8-11/h4-5,8H,1-3,7H2. The molecule has 0 saturated carbocycles. The van der Waals surface area contributed by atoms with Crippen molar-refractivity contribution < 1.29 is 4.74 Å². The number of aryl methyl sites for hydroxylation is 2. The Hall–Kier alpha value is -1.49. The third kappa shape index (κ3) is 1.65. The Labute approximate surface area is 77.8 Å². The zero-order chi connectivity index (χ0) is 9.10. The van der Waals surface area contributed by atoms with Gasteiger partial charge in [-0.25, -0.2) is 0 Å². The molecular weight excluding hydrogens is 162 g/mol. The SMILES string of the molecule is N#CCOc1ccc2c(c1)CCC2. The van der Waals surface area contributed by atoms with Crippen molar-refractivity contribution in [1.82, 2.24) is 0 Å². The number of nitrogens with zero attached hydrogens (tertiary/aromatic N) is 1. The topological polar surface area (TPSA) is 33.0 Å². The first kappa shape index (κ1) is 8.12. The van der Waals surface area contributed by atoms with Gasteiger partial charge in [0.05, 0.1) is 0 Å². The second kappa shape index (κ2) is 3.49. The lowest BCUT2D eigenvalue weighted by molar-refractivity contribution is 0.368. The molecule has 0 heterocycles. The molecular formula is C11H11NO. The predicted molar refractivity (Wildman–Crippen MR) is 49.6 cm³/mol. The number of benzene rings is 1. The quantitative estimate of drug-likeness (QED) is 0.686. The van der Waals surface area contributed by atoms with Crippen LogP contribution in [0.3, 0.4) is 0 Å². The van der Waals surface area contributed by atoms with Crippen molar-refractivity contribution in [1.29, 1.82) is 5.26 Å². The zero-order valence-electron chi connectivity index (χ0n) is 7.42. The molecule has 2 nitrogen and oxygen atoms in total. The van der Waals surface area contributed by atoms with Crippen LogP contribution in [0.25, 0.3) is 0 Å². The summed E-state index contributed by atoms with van der Waals surface area (Å²) in [4.78, 5) is 0. The summed E-state index contributed by atoms with van der Waals surface area (Å²) in [6, 6.07) is 8.07. The van der Waals surface area contributed by atoms with Gasteiger partial charge in [-0.1, -0.05) is 6.07 Å². The molecule has 1 aliphatic carbocycles. The van der Waals surface area contributed by atoms with E-state index < -0.39 is 0 Å². The molecule has 0 amide bonds. The number of nitriles is 1. The lowest BCUT2D eigenvalue weighted by atomic mass is 10.1. The lowest BCUT2D eigenvalue weighted by Crippen LogP contribution is -1.94. The molecule has 0 N–H and O–H groups in total. The molecule has 0 spiro atoms. The Kier molecular flexibility index (Phi) is 2.18. The van der Waals surface area contributed by atoms with Crippen LogP contribution in [0.2, 0.25) is 0 Å². The van der Waals surface area contributed by atoms with Gasteiger partial charge < -0.3 is 4.74 Å². The number of fused-ring (bicyclic) bond motifs is 1. The van der Waals surface area contributed by atoms with E-state index in [0.29, 0.717) is 0 Å². The summed E-state index contributed by atoms with van der Waals surface area (Å²) in [5.41, 5.74) is 2.82. The molecule has 0 fully saturated rings. The second-order valence-electron chi connectivity index (χ2n) is 3.23. The third-order valence-electron chi connectivity index (χ3n) is 2.37. The van der Waals surface area contributed by atoms with Gasteiger partial charge in [-0.2, -0.15) is 5.26 Å². The van der Waals surface area contributed by atoms with E-state index in [9.17, 15) is 0 Å². The highest BCUT2D eigenvalue weighted by Gasteiger charge is 2.10. The van der Waals surface area contributed by atoms with Gasteiger partial charge in [0.1, 0.15) is 11.8 Å². The van der Waals surface area contributed by atoms with Crippen molar-refractivity contribution >= 4 is 0 Å². The van der Waals surface area contributed by atoms with Crippen molar-refractivity contribution in [3.05, 3.63) is 29.3 Å². The Morgan fingerprint density at radius 3 is 3.00 bits per heavy atom. The van der Waals surface area contributed by atoms with Crippen LogP contribution in [-0.4, -0.2) is 6.61 Å². The van der Waals surface area contributed by atoms with E-state index in [0.717, 1.165) is 12.2 Å². The maximum Gasteiger partial charge on any atom is 0.174 e. The first-order chi connectivity index (χ1) is 6.40. The highest BCUT2D eigenvalue weighted by molar-refractivity contribution is 5.38. The number of hydrogen-bond donors (Lipinski definition) is 0. The van der Waals surface area contributed by atoms with Gasteiger partial charge in [-0.15, -0.1) is 0 Å². The zero-order valence-corrected chi connectivity index (χ0v) is 7.42. The van der Waals surface area contributed by atoms with E-state index in [-0.39, 0.29) is 6.61 Å². The van der Waals surface area contributed by atoms with Crippen LogP contribution in [0.5, 0.6) is 5.75 Å². The lowest BCUT2D eigenvalue weighted by Gasteiger charge is -2.03. The minimum atomic E-state index is 0.138. The van der Waals surface area contributed by atoms with Crippen LogP contribution in [0.1, 0.15) is 17.5 Å². The molecule has 0 bridgehead atoms. The fraction of sp³-hybridized carbons (Fsp3) is 0.364. The van der Waals surface area contributed by atoms with E-state index in [2.05, 4.69) is 12.1 Å². The Morgan fingerprint density at radius 1 is 1.31 bits per heavy atom. The number of ether oxygens (including phenoxy) is 1. The number of rotatable bonds is 2. The van der Waals surface area contributed by atoms with Crippen LogP contribution in [0, 0.1) is 11.3 Å². The van der Waals surface area contributed by atoms with E-state index in [1.165, 1.54) is 24.0 Å². The first-order valence-electron chi connectivity index (χ1n) is 4.52. The molecule has 1 aliphatic rings. The minimum absolute atomic E-state index is 0.138. The molecule has 0 atom stereocenters. The van der Waals surface area contributed by atoms with Gasteiger partial charge in [0.2, 0.25) is 0 Å². The van der Waals surface area contributed by atoms with E-state index in [1.807, 2.05) is 12.1 Å². The average Bonchev–Trinajstić information content (AvgIpc) is 2.61. The summed E-state index contributed by atoms with van der Waals surface area (Å²) in [6.45, 7) is 0.138. The predicted octanol–water partition coefficient (Wildman–Crippen LogP) is 2.08. The van der Waals surface area contributed by atoms with Gasteiger partial charge >= 0.3 is 0 Å². The monoisotopic (exact) mass is 173 g/mol. The molecule has 0 unspecified atom stereocenters. The smallest absolute Gasteiger partial charge is 0.174 e. The average molecular weight is 173 g/mol. The minimum Gasteiger partial charge on any atom is -0.479 e. The summed E-state index contributed by atoms with van der Waals surface area (Å²) in [6.07, 6.45) is 3.59. The van der Waals surface area contributed by atoms with Crippen LogP contribution in [0.4, 0.5) is 0 Å². The van der Waals surface area contributed by atoms with Crippen LogP contribution >= 0.6 is 0 Å². The molecule has 0 saturated heterocycles. The van der Waals surface area contributed by atoms with Gasteiger partial charge in [0.25, 0.3) is 0 Å². The van der Waals surface area contributed by atoms with E-state index in [4.69, 9.17) is 10.00 Å². The summed E-state index contributed by atoms with van der Waals surface area (Å²) >= 11 is 0. The number of hydrogen-bond acceptors (Lipinski definition) is 2.